The average Bonchev–Trinajstić information content (AvgIpc) is 2.61. The summed E-state index contributed by atoms with van der Waals surface area (Å²) in [6, 6.07) is 11.5. The number of anilines is 1. The Morgan fingerprint density at radius 1 is 1.00 bits per heavy atom. The molecule has 7 heteroatoms. The Morgan fingerprint density at radius 3 is 2.08 bits per heavy atom. The Balaban J connectivity index is 1.92. The van der Waals surface area contributed by atoms with Crippen LogP contribution in [-0.2, 0) is 13.1 Å². The lowest BCUT2D eigenvalue weighted by Gasteiger charge is -2.22. The van der Waals surface area contributed by atoms with Gasteiger partial charge in [-0.05, 0) is 38.1 Å². The van der Waals surface area contributed by atoms with Gasteiger partial charge in [0.05, 0.1) is 24.5 Å². The molecule has 0 saturated heterocycles. The summed E-state index contributed by atoms with van der Waals surface area (Å²) in [5.74, 6) is -0.0980. The van der Waals surface area contributed by atoms with E-state index in [-0.39, 0.29) is 17.3 Å². The molecule has 0 atom stereocenters. The summed E-state index contributed by atoms with van der Waals surface area (Å²) < 4.78 is 0. The normalized spacial score (nSPS) is 10.5. The fraction of sp³-hybridized carbons (Fsp3) is 0.211. The summed E-state index contributed by atoms with van der Waals surface area (Å²) in [6.45, 7) is 4.51. The molecule has 3 aromatic heterocycles. The maximum Gasteiger partial charge on any atom is 0.259 e. The molecule has 3 heterocycles. The zero-order valence-electron chi connectivity index (χ0n) is 14.8. The molecule has 132 valence electrons. The first-order valence-electron chi connectivity index (χ1n) is 8.23. The summed E-state index contributed by atoms with van der Waals surface area (Å²) in [5, 5.41) is 0. The highest BCUT2D eigenvalue weighted by atomic mass is 16.2. The number of rotatable bonds is 5. The Bertz CT molecular complexity index is 880. The maximum atomic E-state index is 13.1. The molecule has 2 N–H and O–H groups in total. The largest absolute Gasteiger partial charge is 0.383 e. The molecule has 3 aromatic rings. The molecule has 0 aliphatic heterocycles. The van der Waals surface area contributed by atoms with Crippen molar-refractivity contribution >= 4 is 11.7 Å². The maximum absolute atomic E-state index is 13.1. The van der Waals surface area contributed by atoms with E-state index in [0.717, 1.165) is 22.8 Å². The predicted octanol–water partition coefficient (Wildman–Crippen LogP) is 2.31. The molecule has 0 spiro atoms. The van der Waals surface area contributed by atoms with Crippen LogP contribution < -0.4 is 5.73 Å². The van der Waals surface area contributed by atoms with Crippen LogP contribution in [0.2, 0.25) is 0 Å². The third kappa shape index (κ3) is 4.18. The first kappa shape index (κ1) is 17.5. The molecule has 1 amide bonds. The van der Waals surface area contributed by atoms with E-state index in [1.54, 1.807) is 4.90 Å². The quantitative estimate of drug-likeness (QED) is 0.760. The van der Waals surface area contributed by atoms with Gasteiger partial charge >= 0.3 is 0 Å². The van der Waals surface area contributed by atoms with Crippen molar-refractivity contribution in [1.29, 1.82) is 0 Å². The van der Waals surface area contributed by atoms with Gasteiger partial charge in [0.1, 0.15) is 17.7 Å². The van der Waals surface area contributed by atoms with Crippen LogP contribution in [0.25, 0.3) is 0 Å². The lowest BCUT2D eigenvalue weighted by molar-refractivity contribution is 0.0725. The monoisotopic (exact) mass is 348 g/mol. The highest BCUT2D eigenvalue weighted by Gasteiger charge is 2.21. The molecular weight excluding hydrogens is 328 g/mol. The van der Waals surface area contributed by atoms with Crippen molar-refractivity contribution in [3.63, 3.8) is 0 Å². The molecule has 26 heavy (non-hydrogen) atoms. The van der Waals surface area contributed by atoms with E-state index in [1.807, 2.05) is 50.2 Å². The zero-order valence-corrected chi connectivity index (χ0v) is 14.8. The van der Waals surface area contributed by atoms with Crippen LogP contribution >= 0.6 is 0 Å². The van der Waals surface area contributed by atoms with Gasteiger partial charge in [-0.1, -0.05) is 12.1 Å². The third-order valence-corrected chi connectivity index (χ3v) is 3.86. The molecule has 0 bridgehead atoms. The second kappa shape index (κ2) is 7.69. The SMILES string of the molecule is Cc1cccc(CN(Cc2cccc(C)n2)C(=O)c2cncnc2N)n1. The van der Waals surface area contributed by atoms with Gasteiger partial charge in [0.2, 0.25) is 0 Å². The van der Waals surface area contributed by atoms with Crippen molar-refractivity contribution in [3.05, 3.63) is 77.3 Å². The topological polar surface area (TPSA) is 97.9 Å². The molecule has 7 nitrogen and oxygen atoms in total. The van der Waals surface area contributed by atoms with Gasteiger partial charge in [-0.15, -0.1) is 0 Å². The molecule has 3 rings (SSSR count). The standard InChI is InChI=1S/C19H20N6O/c1-13-5-3-7-15(23-13)10-25(11-16-8-4-6-14(2)24-16)19(26)17-9-21-12-22-18(17)20/h3-9,12H,10-11H2,1-2H3,(H2,20,21,22). The molecule has 0 radical (unpaired) electrons. The van der Waals surface area contributed by atoms with Crippen molar-refractivity contribution in [2.45, 2.75) is 26.9 Å². The molecule has 0 aromatic carbocycles. The van der Waals surface area contributed by atoms with E-state index >= 15 is 0 Å². The number of carbonyl (C=O) groups excluding carboxylic acids is 1. The van der Waals surface area contributed by atoms with Gasteiger partial charge in [-0.3, -0.25) is 14.8 Å². The minimum Gasteiger partial charge on any atom is -0.383 e. The minimum atomic E-state index is -0.255. The van der Waals surface area contributed by atoms with Gasteiger partial charge in [0.15, 0.2) is 0 Å². The van der Waals surface area contributed by atoms with E-state index in [0.29, 0.717) is 13.1 Å². The van der Waals surface area contributed by atoms with Crippen molar-refractivity contribution in [2.75, 3.05) is 5.73 Å². The molecule has 0 saturated carbocycles. The Labute approximate surface area is 152 Å². The van der Waals surface area contributed by atoms with Crippen LogP contribution in [0.15, 0.2) is 48.9 Å². The number of aryl methyl sites for hydroxylation is 2. The number of nitrogens with two attached hydrogens (primary N) is 1. The smallest absolute Gasteiger partial charge is 0.259 e. The van der Waals surface area contributed by atoms with Gasteiger partial charge in [0.25, 0.3) is 5.91 Å². The van der Waals surface area contributed by atoms with Crippen LogP contribution in [0.4, 0.5) is 5.82 Å². The second-order valence-electron chi connectivity index (χ2n) is 6.02. The molecule has 0 aliphatic rings. The van der Waals surface area contributed by atoms with Crippen LogP contribution in [0.5, 0.6) is 0 Å². The van der Waals surface area contributed by atoms with Crippen LogP contribution in [0.3, 0.4) is 0 Å². The first-order chi connectivity index (χ1) is 12.5. The van der Waals surface area contributed by atoms with E-state index in [9.17, 15) is 4.79 Å². The fourth-order valence-electron chi connectivity index (χ4n) is 2.64. The molecule has 0 aliphatic carbocycles. The molecule has 0 fully saturated rings. The van der Waals surface area contributed by atoms with E-state index < -0.39 is 0 Å². The summed E-state index contributed by atoms with van der Waals surface area (Å²) in [7, 11) is 0. The third-order valence-electron chi connectivity index (χ3n) is 3.86. The molecular formula is C19H20N6O. The average molecular weight is 348 g/mol. The number of nitrogens with zero attached hydrogens (tertiary/aromatic N) is 5. The van der Waals surface area contributed by atoms with Crippen molar-refractivity contribution in [1.82, 2.24) is 24.8 Å². The van der Waals surface area contributed by atoms with Crippen LogP contribution in [-0.4, -0.2) is 30.7 Å². The number of hydrogen-bond donors (Lipinski definition) is 1. The van der Waals surface area contributed by atoms with Gasteiger partial charge in [0, 0.05) is 17.6 Å². The lowest BCUT2D eigenvalue weighted by atomic mass is 10.2. The minimum absolute atomic E-state index is 0.157. The van der Waals surface area contributed by atoms with Crippen molar-refractivity contribution in [3.8, 4) is 0 Å². The molecule has 0 unspecified atom stereocenters. The fourth-order valence-corrected chi connectivity index (χ4v) is 2.64. The number of amides is 1. The van der Waals surface area contributed by atoms with Crippen LogP contribution in [0.1, 0.15) is 33.1 Å². The second-order valence-corrected chi connectivity index (χ2v) is 6.02. The van der Waals surface area contributed by atoms with E-state index in [1.165, 1.54) is 12.5 Å². The Morgan fingerprint density at radius 2 is 1.58 bits per heavy atom. The summed E-state index contributed by atoms with van der Waals surface area (Å²) in [4.78, 5) is 31.5. The number of pyridine rings is 2. The van der Waals surface area contributed by atoms with Gasteiger partial charge < -0.3 is 10.6 Å². The van der Waals surface area contributed by atoms with Crippen molar-refractivity contribution in [2.24, 2.45) is 0 Å². The zero-order chi connectivity index (χ0) is 18.5. The predicted molar refractivity (Wildman–Crippen MR) is 98.0 cm³/mol. The first-order valence-corrected chi connectivity index (χ1v) is 8.23. The van der Waals surface area contributed by atoms with E-state index in [4.69, 9.17) is 5.73 Å². The number of carbonyl (C=O) groups is 1. The van der Waals surface area contributed by atoms with Gasteiger partial charge in [-0.2, -0.15) is 0 Å². The van der Waals surface area contributed by atoms with Crippen LogP contribution in [0, 0.1) is 13.8 Å². The van der Waals surface area contributed by atoms with Crippen molar-refractivity contribution < 1.29 is 4.79 Å². The number of aromatic nitrogens is 4. The Kier molecular flexibility index (Phi) is 5.17. The lowest BCUT2D eigenvalue weighted by Crippen LogP contribution is -2.31. The highest BCUT2D eigenvalue weighted by Crippen LogP contribution is 2.15. The summed E-state index contributed by atoms with van der Waals surface area (Å²) >= 11 is 0. The van der Waals surface area contributed by atoms with Gasteiger partial charge in [-0.25, -0.2) is 9.97 Å². The Hall–Kier alpha value is -3.35. The number of nitrogen functional groups attached to an aromatic ring is 1. The van der Waals surface area contributed by atoms with E-state index in [2.05, 4.69) is 19.9 Å². The highest BCUT2D eigenvalue weighted by molar-refractivity contribution is 5.97. The summed E-state index contributed by atoms with van der Waals surface area (Å²) in [5.41, 5.74) is 9.51. The number of hydrogen-bond acceptors (Lipinski definition) is 6. The summed E-state index contributed by atoms with van der Waals surface area (Å²) in [6.07, 6.45) is 2.76.